The zero-order chi connectivity index (χ0) is 19.0. The van der Waals surface area contributed by atoms with Crippen LogP contribution in [0.1, 0.15) is 43.1 Å². The normalized spacial score (nSPS) is 10.2. The Bertz CT molecular complexity index is 725. The first kappa shape index (κ1) is 20.0. The van der Waals surface area contributed by atoms with Gasteiger partial charge in [0.1, 0.15) is 5.60 Å². The first-order chi connectivity index (χ1) is 11.6. The summed E-state index contributed by atoms with van der Waals surface area (Å²) < 4.78 is 9.69. The molecule has 0 aliphatic heterocycles. The van der Waals surface area contributed by atoms with E-state index in [-0.39, 0.29) is 17.8 Å². The molecule has 0 unspecified atom stereocenters. The molecule has 0 radical (unpaired) electrons. The van der Waals surface area contributed by atoms with Crippen molar-refractivity contribution in [2.24, 2.45) is 0 Å². The van der Waals surface area contributed by atoms with E-state index in [1.807, 2.05) is 0 Å². The highest BCUT2D eigenvalue weighted by Gasteiger charge is 2.16. The van der Waals surface area contributed by atoms with Gasteiger partial charge in [-0.1, -0.05) is 11.8 Å². The first-order valence-electron chi connectivity index (χ1n) is 7.46. The fraction of sp³-hybridized carbons (Fsp3) is 0.412. The van der Waals surface area contributed by atoms with Gasteiger partial charge in [-0.05, 0) is 26.8 Å². The Kier molecular flexibility index (Phi) is 6.93. The minimum Gasteiger partial charge on any atom is -0.465 e. The fourth-order valence-corrected chi connectivity index (χ4v) is 1.73. The van der Waals surface area contributed by atoms with Gasteiger partial charge in [-0.25, -0.2) is 9.59 Å². The van der Waals surface area contributed by atoms with Crippen molar-refractivity contribution in [3.63, 3.8) is 0 Å². The van der Waals surface area contributed by atoms with E-state index >= 15 is 0 Å². The number of nitrogens with zero attached hydrogens (tertiary/aromatic N) is 1. The Morgan fingerprint density at radius 1 is 1.32 bits per heavy atom. The van der Waals surface area contributed by atoms with Crippen molar-refractivity contribution in [1.29, 1.82) is 0 Å². The van der Waals surface area contributed by atoms with Crippen LogP contribution in [0.3, 0.4) is 0 Å². The summed E-state index contributed by atoms with van der Waals surface area (Å²) in [5.41, 5.74) is -0.472. The summed E-state index contributed by atoms with van der Waals surface area (Å²) in [5.74, 6) is 4.83. The number of hydrogen-bond acceptors (Lipinski definition) is 6. The predicted molar refractivity (Wildman–Crippen MR) is 90.2 cm³/mol. The van der Waals surface area contributed by atoms with E-state index in [4.69, 9.17) is 4.74 Å². The van der Waals surface area contributed by atoms with Gasteiger partial charge in [-0.3, -0.25) is 10.1 Å². The minimum absolute atomic E-state index is 0.0179. The SMILES string of the molecule is COC(=O)c1cc([N+](=O)[O-])ccc1C#CCCNC(=O)OC(C)(C)C. The summed E-state index contributed by atoms with van der Waals surface area (Å²) in [6.07, 6.45) is -0.225. The largest absolute Gasteiger partial charge is 0.465 e. The molecule has 1 aromatic rings. The number of methoxy groups -OCH3 is 1. The number of rotatable bonds is 4. The van der Waals surface area contributed by atoms with E-state index in [0.717, 1.165) is 6.07 Å². The molecular formula is C17H20N2O6. The standard InChI is InChI=1S/C17H20N2O6/c1-17(2,3)25-16(21)18-10-6-5-7-12-8-9-13(19(22)23)11-14(12)15(20)24-4/h8-9,11H,6,10H2,1-4H3,(H,18,21). The Hall–Kier alpha value is -3.08. The van der Waals surface area contributed by atoms with Gasteiger partial charge in [0.05, 0.1) is 17.6 Å². The zero-order valence-electron chi connectivity index (χ0n) is 14.5. The summed E-state index contributed by atoms with van der Waals surface area (Å²) in [5, 5.41) is 13.4. The zero-order valence-corrected chi connectivity index (χ0v) is 14.5. The number of benzene rings is 1. The van der Waals surface area contributed by atoms with Gasteiger partial charge in [0.25, 0.3) is 5.69 Å². The van der Waals surface area contributed by atoms with Crippen molar-refractivity contribution in [2.45, 2.75) is 32.8 Å². The van der Waals surface area contributed by atoms with Gasteiger partial charge in [0.15, 0.2) is 0 Å². The molecule has 8 nitrogen and oxygen atoms in total. The monoisotopic (exact) mass is 348 g/mol. The van der Waals surface area contributed by atoms with Crippen molar-refractivity contribution < 1.29 is 24.0 Å². The molecule has 0 aliphatic rings. The van der Waals surface area contributed by atoms with Crippen molar-refractivity contribution >= 4 is 17.7 Å². The molecule has 134 valence electrons. The topological polar surface area (TPSA) is 108 Å². The Labute approximate surface area is 145 Å². The van der Waals surface area contributed by atoms with E-state index < -0.39 is 22.6 Å². The predicted octanol–water partition coefficient (Wildman–Crippen LogP) is 2.65. The number of carbonyl (C=O) groups excluding carboxylic acids is 2. The average Bonchev–Trinajstić information content (AvgIpc) is 2.52. The quantitative estimate of drug-likeness (QED) is 0.295. The van der Waals surface area contributed by atoms with E-state index in [0.29, 0.717) is 12.0 Å². The lowest BCUT2D eigenvalue weighted by molar-refractivity contribution is -0.384. The van der Waals surface area contributed by atoms with E-state index in [1.165, 1.54) is 19.2 Å². The smallest absolute Gasteiger partial charge is 0.407 e. The van der Waals surface area contributed by atoms with Crippen LogP contribution in [0.15, 0.2) is 18.2 Å². The third-order valence-corrected chi connectivity index (χ3v) is 2.76. The van der Waals surface area contributed by atoms with Crippen LogP contribution < -0.4 is 5.32 Å². The Balaban J connectivity index is 2.74. The maximum absolute atomic E-state index is 11.7. The number of alkyl carbamates (subject to hydrolysis) is 1. The average molecular weight is 348 g/mol. The van der Waals surface area contributed by atoms with Crippen LogP contribution in [0, 0.1) is 22.0 Å². The van der Waals surface area contributed by atoms with E-state index in [9.17, 15) is 19.7 Å². The molecule has 0 aliphatic carbocycles. The molecule has 25 heavy (non-hydrogen) atoms. The number of ether oxygens (including phenoxy) is 2. The molecule has 1 amide bonds. The number of nitro benzene ring substituents is 1. The van der Waals surface area contributed by atoms with Gasteiger partial charge in [0, 0.05) is 30.7 Å². The van der Waals surface area contributed by atoms with E-state index in [2.05, 4.69) is 21.9 Å². The summed E-state index contributed by atoms with van der Waals surface area (Å²) in [6.45, 7) is 5.54. The first-order valence-corrected chi connectivity index (χ1v) is 7.46. The van der Waals surface area contributed by atoms with Gasteiger partial charge < -0.3 is 14.8 Å². The summed E-state index contributed by atoms with van der Waals surface area (Å²) in [7, 11) is 1.18. The molecule has 0 atom stereocenters. The summed E-state index contributed by atoms with van der Waals surface area (Å²) in [6, 6.07) is 3.77. The second kappa shape index (κ2) is 8.68. The minimum atomic E-state index is -0.708. The Morgan fingerprint density at radius 2 is 2.00 bits per heavy atom. The van der Waals surface area contributed by atoms with Gasteiger partial charge in [0.2, 0.25) is 0 Å². The third kappa shape index (κ3) is 6.91. The number of nitro groups is 1. The number of non-ortho nitro benzene ring substituents is 1. The lowest BCUT2D eigenvalue weighted by Crippen LogP contribution is -2.32. The summed E-state index contributed by atoms with van der Waals surface area (Å²) >= 11 is 0. The molecule has 0 bridgehead atoms. The van der Waals surface area contributed by atoms with Crippen molar-refractivity contribution in [3.05, 3.63) is 39.4 Å². The highest BCUT2D eigenvalue weighted by atomic mass is 16.6. The van der Waals surface area contributed by atoms with Crippen LogP contribution in [0.25, 0.3) is 0 Å². The van der Waals surface area contributed by atoms with Gasteiger partial charge in [-0.2, -0.15) is 0 Å². The lowest BCUT2D eigenvalue weighted by Gasteiger charge is -2.19. The molecule has 1 aromatic carbocycles. The second-order valence-corrected chi connectivity index (χ2v) is 5.96. The highest BCUT2D eigenvalue weighted by molar-refractivity contribution is 5.93. The number of carbonyl (C=O) groups is 2. The molecule has 0 spiro atoms. The molecule has 0 saturated heterocycles. The number of nitrogens with one attached hydrogen (secondary N) is 1. The van der Waals surface area contributed by atoms with Crippen LogP contribution in [-0.2, 0) is 9.47 Å². The van der Waals surface area contributed by atoms with Crippen LogP contribution >= 0.6 is 0 Å². The third-order valence-electron chi connectivity index (χ3n) is 2.76. The molecule has 0 fully saturated rings. The van der Waals surface area contributed by atoms with Crippen LogP contribution in [-0.4, -0.2) is 36.2 Å². The fourth-order valence-electron chi connectivity index (χ4n) is 1.73. The van der Waals surface area contributed by atoms with E-state index in [1.54, 1.807) is 20.8 Å². The highest BCUT2D eigenvalue weighted by Crippen LogP contribution is 2.18. The number of esters is 1. The van der Waals surface area contributed by atoms with Crippen LogP contribution in [0.2, 0.25) is 0 Å². The molecule has 1 rings (SSSR count). The van der Waals surface area contributed by atoms with Crippen molar-refractivity contribution in [3.8, 4) is 11.8 Å². The molecule has 0 heterocycles. The van der Waals surface area contributed by atoms with Gasteiger partial charge >= 0.3 is 12.1 Å². The van der Waals surface area contributed by atoms with Crippen molar-refractivity contribution in [2.75, 3.05) is 13.7 Å². The van der Waals surface area contributed by atoms with Crippen LogP contribution in [0.4, 0.5) is 10.5 Å². The van der Waals surface area contributed by atoms with Crippen molar-refractivity contribution in [1.82, 2.24) is 5.32 Å². The lowest BCUT2D eigenvalue weighted by atomic mass is 10.1. The number of amides is 1. The maximum atomic E-state index is 11.7. The maximum Gasteiger partial charge on any atom is 0.407 e. The van der Waals surface area contributed by atoms with Crippen LogP contribution in [0.5, 0.6) is 0 Å². The molecule has 0 aromatic heterocycles. The summed E-state index contributed by atoms with van der Waals surface area (Å²) in [4.78, 5) is 33.4. The second-order valence-electron chi connectivity index (χ2n) is 5.96. The van der Waals surface area contributed by atoms with Gasteiger partial charge in [-0.15, -0.1) is 0 Å². The molecule has 1 N–H and O–H groups in total. The molecular weight excluding hydrogens is 328 g/mol. The molecule has 8 heteroatoms. The Morgan fingerprint density at radius 3 is 2.56 bits per heavy atom. The number of hydrogen-bond donors (Lipinski definition) is 1. The molecule has 0 saturated carbocycles.